The van der Waals surface area contributed by atoms with Crippen LogP contribution in [0.3, 0.4) is 0 Å². The Morgan fingerprint density at radius 2 is 2.25 bits per heavy atom. The SMILES string of the molecule is COc1cccc(CN2CCO[C@@H](CN(C)c3cccnn3)C2)c1. The smallest absolute Gasteiger partial charge is 0.151 e. The van der Waals surface area contributed by atoms with Crippen molar-refractivity contribution in [3.8, 4) is 5.75 Å². The van der Waals surface area contributed by atoms with Crippen LogP contribution in [0, 0.1) is 0 Å². The number of rotatable bonds is 6. The van der Waals surface area contributed by atoms with Gasteiger partial charge >= 0.3 is 0 Å². The molecular formula is C18H24N4O2. The summed E-state index contributed by atoms with van der Waals surface area (Å²) < 4.78 is 11.2. The number of methoxy groups -OCH3 is 1. The summed E-state index contributed by atoms with van der Waals surface area (Å²) in [7, 11) is 3.72. The first-order valence-electron chi connectivity index (χ1n) is 8.20. The second-order valence-corrected chi connectivity index (χ2v) is 6.04. The number of likely N-dealkylation sites (N-methyl/N-ethyl adjacent to an activating group) is 1. The molecule has 1 aromatic heterocycles. The van der Waals surface area contributed by atoms with Crippen LogP contribution in [0.25, 0.3) is 0 Å². The molecule has 1 aliphatic heterocycles. The minimum Gasteiger partial charge on any atom is -0.497 e. The Bertz CT molecular complexity index is 638. The van der Waals surface area contributed by atoms with Gasteiger partial charge in [0.1, 0.15) is 5.75 Å². The summed E-state index contributed by atoms with van der Waals surface area (Å²) in [6.45, 7) is 4.31. The maximum atomic E-state index is 5.93. The summed E-state index contributed by atoms with van der Waals surface area (Å²) in [5, 5.41) is 8.07. The van der Waals surface area contributed by atoms with Crippen molar-refractivity contribution in [2.75, 3.05) is 45.3 Å². The van der Waals surface area contributed by atoms with Crippen molar-refractivity contribution < 1.29 is 9.47 Å². The summed E-state index contributed by atoms with van der Waals surface area (Å²) in [4.78, 5) is 4.51. The van der Waals surface area contributed by atoms with E-state index in [1.807, 2.05) is 31.3 Å². The molecule has 128 valence electrons. The second-order valence-electron chi connectivity index (χ2n) is 6.04. The predicted octanol–water partition coefficient (Wildman–Crippen LogP) is 1.82. The molecule has 1 saturated heterocycles. The number of anilines is 1. The molecule has 2 aromatic rings. The summed E-state index contributed by atoms with van der Waals surface area (Å²) in [6, 6.07) is 12.1. The van der Waals surface area contributed by atoms with E-state index in [0.717, 1.165) is 44.4 Å². The van der Waals surface area contributed by atoms with Crippen molar-refractivity contribution in [1.29, 1.82) is 0 Å². The quantitative estimate of drug-likeness (QED) is 0.806. The molecule has 0 saturated carbocycles. The second kappa shape index (κ2) is 8.08. The third-order valence-corrected chi connectivity index (χ3v) is 4.19. The van der Waals surface area contributed by atoms with Gasteiger partial charge in [0, 0.05) is 39.4 Å². The zero-order valence-corrected chi connectivity index (χ0v) is 14.3. The first-order valence-corrected chi connectivity index (χ1v) is 8.20. The summed E-state index contributed by atoms with van der Waals surface area (Å²) in [5.74, 6) is 1.77. The van der Waals surface area contributed by atoms with Crippen molar-refractivity contribution in [2.45, 2.75) is 12.6 Å². The van der Waals surface area contributed by atoms with Crippen molar-refractivity contribution in [2.24, 2.45) is 0 Å². The largest absolute Gasteiger partial charge is 0.497 e. The Morgan fingerprint density at radius 1 is 1.33 bits per heavy atom. The lowest BCUT2D eigenvalue weighted by molar-refractivity contribution is -0.0265. The molecule has 1 fully saturated rings. The van der Waals surface area contributed by atoms with E-state index in [1.54, 1.807) is 13.3 Å². The highest BCUT2D eigenvalue weighted by molar-refractivity contribution is 5.35. The molecule has 1 aliphatic rings. The number of morpholine rings is 1. The average molecular weight is 328 g/mol. The average Bonchev–Trinajstić information content (AvgIpc) is 2.63. The molecule has 0 unspecified atom stereocenters. The number of nitrogens with zero attached hydrogens (tertiary/aromatic N) is 4. The van der Waals surface area contributed by atoms with Crippen LogP contribution in [-0.4, -0.2) is 61.6 Å². The van der Waals surface area contributed by atoms with Crippen LogP contribution in [0.2, 0.25) is 0 Å². The summed E-state index contributed by atoms with van der Waals surface area (Å²) >= 11 is 0. The minimum atomic E-state index is 0.163. The molecule has 1 aromatic carbocycles. The number of aromatic nitrogens is 2. The van der Waals surface area contributed by atoms with E-state index in [2.05, 4.69) is 32.1 Å². The normalized spacial score (nSPS) is 18.3. The van der Waals surface area contributed by atoms with Gasteiger partial charge in [-0.3, -0.25) is 4.90 Å². The highest BCUT2D eigenvalue weighted by Crippen LogP contribution is 2.17. The molecule has 3 rings (SSSR count). The molecule has 1 atom stereocenters. The predicted molar refractivity (Wildman–Crippen MR) is 93.3 cm³/mol. The van der Waals surface area contributed by atoms with Crippen LogP contribution >= 0.6 is 0 Å². The van der Waals surface area contributed by atoms with Gasteiger partial charge in [0.25, 0.3) is 0 Å². The fourth-order valence-corrected chi connectivity index (χ4v) is 2.96. The van der Waals surface area contributed by atoms with Crippen LogP contribution in [-0.2, 0) is 11.3 Å². The lowest BCUT2D eigenvalue weighted by Gasteiger charge is -2.35. The van der Waals surface area contributed by atoms with Crippen LogP contribution in [0.15, 0.2) is 42.6 Å². The van der Waals surface area contributed by atoms with Gasteiger partial charge in [-0.05, 0) is 29.8 Å². The number of benzene rings is 1. The van der Waals surface area contributed by atoms with Crippen molar-refractivity contribution in [3.05, 3.63) is 48.2 Å². The maximum Gasteiger partial charge on any atom is 0.151 e. The molecule has 0 bridgehead atoms. The fourth-order valence-electron chi connectivity index (χ4n) is 2.96. The Hall–Kier alpha value is -2.18. The molecule has 0 amide bonds. The topological polar surface area (TPSA) is 50.7 Å². The van der Waals surface area contributed by atoms with E-state index in [-0.39, 0.29) is 6.10 Å². The molecule has 6 heteroatoms. The number of ether oxygens (including phenoxy) is 2. The summed E-state index contributed by atoms with van der Waals surface area (Å²) in [6.07, 6.45) is 1.85. The standard InChI is InChI=1S/C18H24N4O2/c1-21(18-7-4-8-19-20-18)13-17-14-22(9-10-24-17)12-15-5-3-6-16(11-15)23-2/h3-8,11,17H,9-10,12-14H2,1-2H3/t17-/m0/s1. The Balaban J connectivity index is 1.56. The third-order valence-electron chi connectivity index (χ3n) is 4.19. The monoisotopic (exact) mass is 328 g/mol. The molecular weight excluding hydrogens is 304 g/mol. The molecule has 0 N–H and O–H groups in total. The van der Waals surface area contributed by atoms with E-state index in [0.29, 0.717) is 0 Å². The van der Waals surface area contributed by atoms with Crippen LogP contribution in [0.5, 0.6) is 5.75 Å². The van der Waals surface area contributed by atoms with Gasteiger partial charge in [0.05, 0.1) is 19.8 Å². The highest BCUT2D eigenvalue weighted by atomic mass is 16.5. The van der Waals surface area contributed by atoms with Crippen LogP contribution < -0.4 is 9.64 Å². The zero-order valence-electron chi connectivity index (χ0n) is 14.3. The van der Waals surface area contributed by atoms with Gasteiger partial charge in [0.2, 0.25) is 0 Å². The fraction of sp³-hybridized carbons (Fsp3) is 0.444. The van der Waals surface area contributed by atoms with E-state index >= 15 is 0 Å². The van der Waals surface area contributed by atoms with E-state index < -0.39 is 0 Å². The maximum absolute atomic E-state index is 5.93. The molecule has 2 heterocycles. The van der Waals surface area contributed by atoms with Gasteiger partial charge < -0.3 is 14.4 Å². The lowest BCUT2D eigenvalue weighted by atomic mass is 10.1. The zero-order chi connectivity index (χ0) is 16.8. The first-order chi connectivity index (χ1) is 11.7. The minimum absolute atomic E-state index is 0.163. The Kier molecular flexibility index (Phi) is 5.61. The van der Waals surface area contributed by atoms with Crippen LogP contribution in [0.1, 0.15) is 5.56 Å². The highest BCUT2D eigenvalue weighted by Gasteiger charge is 2.22. The van der Waals surface area contributed by atoms with Crippen molar-refractivity contribution in [3.63, 3.8) is 0 Å². The van der Waals surface area contributed by atoms with E-state index in [1.165, 1.54) is 5.56 Å². The summed E-state index contributed by atoms with van der Waals surface area (Å²) in [5.41, 5.74) is 1.26. The van der Waals surface area contributed by atoms with Crippen molar-refractivity contribution >= 4 is 5.82 Å². The molecule has 0 aliphatic carbocycles. The van der Waals surface area contributed by atoms with Gasteiger partial charge in [-0.2, -0.15) is 5.10 Å². The third kappa shape index (κ3) is 4.43. The number of hydrogen-bond donors (Lipinski definition) is 0. The van der Waals surface area contributed by atoms with Crippen LogP contribution in [0.4, 0.5) is 5.82 Å². The van der Waals surface area contributed by atoms with Gasteiger partial charge in [-0.1, -0.05) is 12.1 Å². The van der Waals surface area contributed by atoms with Crippen molar-refractivity contribution in [1.82, 2.24) is 15.1 Å². The van der Waals surface area contributed by atoms with E-state index in [4.69, 9.17) is 9.47 Å². The molecule has 24 heavy (non-hydrogen) atoms. The van der Waals surface area contributed by atoms with Gasteiger partial charge in [-0.25, -0.2) is 0 Å². The van der Waals surface area contributed by atoms with E-state index in [9.17, 15) is 0 Å². The molecule has 0 radical (unpaired) electrons. The first kappa shape index (κ1) is 16.7. The molecule has 0 spiro atoms. The number of hydrogen-bond acceptors (Lipinski definition) is 6. The van der Waals surface area contributed by atoms with Gasteiger partial charge in [0.15, 0.2) is 5.82 Å². The van der Waals surface area contributed by atoms with Gasteiger partial charge in [-0.15, -0.1) is 5.10 Å². The molecule has 6 nitrogen and oxygen atoms in total. The Morgan fingerprint density at radius 3 is 3.04 bits per heavy atom. The lowest BCUT2D eigenvalue weighted by Crippen LogP contribution is -2.46. The Labute approximate surface area is 143 Å².